The van der Waals surface area contributed by atoms with Crippen molar-refractivity contribution in [2.24, 2.45) is 0 Å². The van der Waals surface area contributed by atoms with Crippen LogP contribution in [-0.2, 0) is 17.8 Å². The Hall–Kier alpha value is -3.06. The number of rotatable bonds is 8. The van der Waals surface area contributed by atoms with E-state index in [4.69, 9.17) is 0 Å². The number of benzene rings is 2. The van der Waals surface area contributed by atoms with Gasteiger partial charge in [0.05, 0.1) is 5.01 Å². The number of carbonyl (C=O) groups is 2. The molecule has 2 aromatic carbocycles. The van der Waals surface area contributed by atoms with E-state index in [1.54, 1.807) is 23.6 Å². The Morgan fingerprint density at radius 2 is 1.75 bits per heavy atom. The van der Waals surface area contributed by atoms with Gasteiger partial charge in [0.1, 0.15) is 11.5 Å². The molecule has 144 valence electrons. The van der Waals surface area contributed by atoms with Crippen LogP contribution in [0.1, 0.15) is 33.0 Å². The maximum absolute atomic E-state index is 13.7. The number of hydrogen-bond donors (Lipinski definition) is 2. The quantitative estimate of drug-likeness (QED) is 0.613. The molecule has 2 amide bonds. The largest absolute Gasteiger partial charge is 0.352 e. The first-order valence-electron chi connectivity index (χ1n) is 8.88. The predicted molar refractivity (Wildman–Crippen MR) is 107 cm³/mol. The van der Waals surface area contributed by atoms with Crippen molar-refractivity contribution < 1.29 is 14.0 Å². The van der Waals surface area contributed by atoms with E-state index in [0.29, 0.717) is 23.5 Å². The van der Waals surface area contributed by atoms with E-state index in [2.05, 4.69) is 15.6 Å². The molecule has 1 heterocycles. The minimum absolute atomic E-state index is 0.136. The highest BCUT2D eigenvalue weighted by atomic mass is 32.1. The lowest BCUT2D eigenvalue weighted by molar-refractivity contribution is -0.121. The summed E-state index contributed by atoms with van der Waals surface area (Å²) >= 11 is 1.31. The van der Waals surface area contributed by atoms with Crippen molar-refractivity contribution in [3.63, 3.8) is 0 Å². The summed E-state index contributed by atoms with van der Waals surface area (Å²) < 4.78 is 13.7. The lowest BCUT2D eigenvalue weighted by atomic mass is 10.1. The molecule has 3 rings (SSSR count). The number of hydrogen-bond acceptors (Lipinski definition) is 4. The number of amides is 2. The van der Waals surface area contributed by atoms with Crippen LogP contribution in [0.3, 0.4) is 0 Å². The molecule has 3 aromatic rings. The molecule has 0 saturated carbocycles. The van der Waals surface area contributed by atoms with Crippen LogP contribution in [-0.4, -0.2) is 23.3 Å². The molecule has 1 aromatic heterocycles. The van der Waals surface area contributed by atoms with Crippen molar-refractivity contribution in [2.75, 3.05) is 6.54 Å². The van der Waals surface area contributed by atoms with E-state index in [1.807, 2.05) is 30.3 Å². The smallest absolute Gasteiger partial charge is 0.270 e. The molecule has 0 aliphatic rings. The zero-order valence-electron chi connectivity index (χ0n) is 15.2. The fourth-order valence-corrected chi connectivity index (χ4v) is 3.36. The molecule has 0 fully saturated rings. The Kier molecular flexibility index (Phi) is 6.86. The fraction of sp³-hybridized carbons (Fsp3) is 0.190. The highest BCUT2D eigenvalue weighted by Gasteiger charge is 2.12. The zero-order chi connectivity index (χ0) is 19.8. The van der Waals surface area contributed by atoms with Crippen molar-refractivity contribution in [3.05, 3.63) is 87.6 Å². The van der Waals surface area contributed by atoms with Crippen LogP contribution < -0.4 is 10.6 Å². The maximum atomic E-state index is 13.7. The van der Waals surface area contributed by atoms with Gasteiger partial charge in [0, 0.05) is 31.3 Å². The van der Waals surface area contributed by atoms with Crippen LogP contribution in [0.4, 0.5) is 4.39 Å². The lowest BCUT2D eigenvalue weighted by Crippen LogP contribution is -2.30. The topological polar surface area (TPSA) is 71.1 Å². The average Bonchev–Trinajstić information content (AvgIpc) is 3.18. The van der Waals surface area contributed by atoms with E-state index in [1.165, 1.54) is 17.4 Å². The molecule has 0 aliphatic heterocycles. The number of aromatic nitrogens is 1. The van der Waals surface area contributed by atoms with Gasteiger partial charge in [-0.25, -0.2) is 9.37 Å². The molecular weight excluding hydrogens is 377 g/mol. The Morgan fingerprint density at radius 1 is 1.00 bits per heavy atom. The van der Waals surface area contributed by atoms with Crippen molar-refractivity contribution in [1.82, 2.24) is 15.6 Å². The van der Waals surface area contributed by atoms with Crippen LogP contribution in [0.25, 0.3) is 0 Å². The number of nitrogens with one attached hydrogen (secondary N) is 2. The molecule has 0 radical (unpaired) electrons. The summed E-state index contributed by atoms with van der Waals surface area (Å²) in [5, 5.41) is 7.80. The monoisotopic (exact) mass is 397 g/mol. The Labute approximate surface area is 166 Å². The van der Waals surface area contributed by atoms with Gasteiger partial charge < -0.3 is 10.6 Å². The normalized spacial score (nSPS) is 10.5. The molecule has 0 aliphatic carbocycles. The lowest BCUT2D eigenvalue weighted by Gasteiger charge is -2.06. The van der Waals surface area contributed by atoms with Gasteiger partial charge in [-0.3, -0.25) is 9.59 Å². The van der Waals surface area contributed by atoms with Gasteiger partial charge in [-0.2, -0.15) is 0 Å². The second-order valence-corrected chi connectivity index (χ2v) is 7.11. The van der Waals surface area contributed by atoms with E-state index < -0.39 is 0 Å². The molecule has 0 unspecified atom stereocenters. The van der Waals surface area contributed by atoms with E-state index in [-0.39, 0.29) is 36.3 Å². The summed E-state index contributed by atoms with van der Waals surface area (Å²) in [4.78, 5) is 28.3. The van der Waals surface area contributed by atoms with Crippen LogP contribution in [0.15, 0.2) is 60.0 Å². The summed E-state index contributed by atoms with van der Waals surface area (Å²) in [5.74, 6) is -0.764. The van der Waals surface area contributed by atoms with Gasteiger partial charge >= 0.3 is 0 Å². The Bertz CT molecular complexity index is 944. The molecule has 7 heteroatoms. The first kappa shape index (κ1) is 19.7. The third kappa shape index (κ3) is 5.72. The van der Waals surface area contributed by atoms with Gasteiger partial charge in [-0.05, 0) is 17.2 Å². The third-order valence-corrected chi connectivity index (χ3v) is 4.90. The van der Waals surface area contributed by atoms with Crippen LogP contribution in [0.5, 0.6) is 0 Å². The van der Waals surface area contributed by atoms with Crippen LogP contribution >= 0.6 is 11.3 Å². The first-order valence-corrected chi connectivity index (χ1v) is 9.76. The zero-order valence-corrected chi connectivity index (χ0v) is 16.0. The summed E-state index contributed by atoms with van der Waals surface area (Å²) in [7, 11) is 0. The van der Waals surface area contributed by atoms with Crippen molar-refractivity contribution in [3.8, 4) is 0 Å². The van der Waals surface area contributed by atoms with Crippen molar-refractivity contribution in [2.45, 2.75) is 19.4 Å². The summed E-state index contributed by atoms with van der Waals surface area (Å²) in [6, 6.07) is 16.1. The summed E-state index contributed by atoms with van der Waals surface area (Å²) in [6.45, 7) is 0.679. The highest BCUT2D eigenvalue weighted by molar-refractivity contribution is 7.09. The molecular formula is C21H20FN3O2S. The Morgan fingerprint density at radius 3 is 2.54 bits per heavy atom. The van der Waals surface area contributed by atoms with E-state index in [0.717, 1.165) is 5.56 Å². The molecule has 2 N–H and O–H groups in total. The highest BCUT2D eigenvalue weighted by Crippen LogP contribution is 2.17. The summed E-state index contributed by atoms with van der Waals surface area (Å²) in [6.07, 6.45) is 0.525. The van der Waals surface area contributed by atoms with Crippen LogP contribution in [0, 0.1) is 5.82 Å². The predicted octanol–water partition coefficient (Wildman–Crippen LogP) is 3.31. The van der Waals surface area contributed by atoms with Gasteiger partial charge in [0.2, 0.25) is 5.91 Å². The van der Waals surface area contributed by atoms with E-state index in [9.17, 15) is 14.0 Å². The number of carbonyl (C=O) groups excluding carboxylic acids is 2. The van der Waals surface area contributed by atoms with Gasteiger partial charge in [-0.15, -0.1) is 11.3 Å². The van der Waals surface area contributed by atoms with Crippen LogP contribution in [0.2, 0.25) is 0 Å². The first-order chi connectivity index (χ1) is 13.6. The molecule has 28 heavy (non-hydrogen) atoms. The standard InChI is InChI=1S/C21H20FN3O2S/c22-17-9-5-4-8-16(17)12-20-25-18(14-28-20)21(27)23-11-10-19(26)24-13-15-6-2-1-3-7-15/h1-9,14H,10-13H2,(H,23,27)(H,24,26). The molecule has 0 spiro atoms. The minimum Gasteiger partial charge on any atom is -0.352 e. The maximum Gasteiger partial charge on any atom is 0.270 e. The van der Waals surface area contributed by atoms with Crippen molar-refractivity contribution >= 4 is 23.2 Å². The molecule has 0 bridgehead atoms. The minimum atomic E-state index is -0.341. The number of halogens is 1. The second kappa shape index (κ2) is 9.75. The third-order valence-electron chi connectivity index (χ3n) is 4.05. The SMILES string of the molecule is O=C(CCNC(=O)c1csc(Cc2ccccc2F)n1)NCc1ccccc1. The molecule has 0 saturated heterocycles. The number of nitrogens with zero attached hydrogens (tertiary/aromatic N) is 1. The van der Waals surface area contributed by atoms with E-state index >= 15 is 0 Å². The van der Waals surface area contributed by atoms with Gasteiger partial charge in [0.15, 0.2) is 0 Å². The summed E-state index contributed by atoms with van der Waals surface area (Å²) in [5.41, 5.74) is 1.84. The van der Waals surface area contributed by atoms with Crippen molar-refractivity contribution in [1.29, 1.82) is 0 Å². The van der Waals surface area contributed by atoms with Gasteiger partial charge in [0.25, 0.3) is 5.91 Å². The second-order valence-electron chi connectivity index (χ2n) is 6.16. The fourth-order valence-electron chi connectivity index (χ4n) is 2.57. The number of thiazole rings is 1. The van der Waals surface area contributed by atoms with Gasteiger partial charge in [-0.1, -0.05) is 48.5 Å². The molecule has 0 atom stereocenters. The average molecular weight is 397 g/mol. The Balaban J connectivity index is 1.42. The molecule has 5 nitrogen and oxygen atoms in total.